The number of carbonyl (C=O) groups excluding carboxylic acids is 2. The first-order valence-electron chi connectivity index (χ1n) is 7.57. The van der Waals surface area contributed by atoms with Crippen LogP contribution in [-0.4, -0.2) is 25.6 Å². The highest BCUT2D eigenvalue weighted by Crippen LogP contribution is 2.21. The minimum Gasteiger partial charge on any atom is -0.497 e. The number of ether oxygens (including phenoxy) is 1. The van der Waals surface area contributed by atoms with E-state index in [-0.39, 0.29) is 12.3 Å². The van der Waals surface area contributed by atoms with Gasteiger partial charge in [0.2, 0.25) is 5.91 Å². The van der Waals surface area contributed by atoms with Gasteiger partial charge in [0.15, 0.2) is 0 Å². The summed E-state index contributed by atoms with van der Waals surface area (Å²) >= 11 is 1.48. The van der Waals surface area contributed by atoms with E-state index in [9.17, 15) is 9.59 Å². The Balaban J connectivity index is 1.81. The maximum atomic E-state index is 12.1. The first-order valence-corrected chi connectivity index (χ1v) is 8.45. The van der Waals surface area contributed by atoms with Gasteiger partial charge in [-0.3, -0.25) is 4.79 Å². The third-order valence-electron chi connectivity index (χ3n) is 3.49. The van der Waals surface area contributed by atoms with Crippen LogP contribution in [-0.2, 0) is 11.2 Å². The lowest BCUT2D eigenvalue weighted by Crippen LogP contribution is -2.36. The van der Waals surface area contributed by atoms with Crippen LogP contribution in [0.2, 0.25) is 0 Å². The van der Waals surface area contributed by atoms with Crippen molar-refractivity contribution >= 4 is 23.3 Å². The Morgan fingerprint density at radius 3 is 2.58 bits per heavy atom. The second kappa shape index (κ2) is 8.93. The largest absolute Gasteiger partial charge is 0.497 e. The van der Waals surface area contributed by atoms with Crippen molar-refractivity contribution in [3.05, 3.63) is 52.2 Å². The highest BCUT2D eigenvalue weighted by atomic mass is 32.1. The number of rotatable bonds is 8. The number of nitrogens with two attached hydrogens (primary N) is 1. The molecule has 128 valence electrons. The number of urea groups is 1. The summed E-state index contributed by atoms with van der Waals surface area (Å²) in [6, 6.07) is 10.4. The Hall–Kier alpha value is -2.54. The summed E-state index contributed by atoms with van der Waals surface area (Å²) in [5.74, 6) is 0.676. The molecule has 1 atom stereocenters. The second-order valence-electron chi connectivity index (χ2n) is 5.23. The normalized spacial score (nSPS) is 11.5. The molecule has 0 fully saturated rings. The fourth-order valence-electron chi connectivity index (χ4n) is 2.28. The molecule has 4 N–H and O–H groups in total. The smallest absolute Gasteiger partial charge is 0.312 e. The molecule has 3 amide bonds. The Kier molecular flexibility index (Phi) is 6.62. The second-order valence-corrected chi connectivity index (χ2v) is 6.21. The Bertz CT molecular complexity index is 656. The molecular weight excluding hydrogens is 326 g/mol. The molecule has 2 aromatic rings. The van der Waals surface area contributed by atoms with Gasteiger partial charge in [-0.15, -0.1) is 11.3 Å². The van der Waals surface area contributed by atoms with Gasteiger partial charge in [0.25, 0.3) is 0 Å². The highest BCUT2D eigenvalue weighted by molar-refractivity contribution is 7.10. The number of carbonyl (C=O) groups is 2. The molecule has 0 aliphatic rings. The molecule has 0 aliphatic heterocycles. The molecule has 1 aromatic heterocycles. The zero-order valence-corrected chi connectivity index (χ0v) is 14.3. The molecule has 6 nitrogen and oxygen atoms in total. The molecule has 1 unspecified atom stereocenters. The van der Waals surface area contributed by atoms with Crippen LogP contribution in [0.1, 0.15) is 22.9 Å². The van der Waals surface area contributed by atoms with E-state index < -0.39 is 12.1 Å². The van der Waals surface area contributed by atoms with E-state index in [1.54, 1.807) is 7.11 Å². The summed E-state index contributed by atoms with van der Waals surface area (Å²) in [6.07, 6.45) is 0.884. The van der Waals surface area contributed by atoms with E-state index in [0.717, 1.165) is 22.6 Å². The average Bonchev–Trinajstić information content (AvgIpc) is 3.09. The van der Waals surface area contributed by atoms with E-state index >= 15 is 0 Å². The van der Waals surface area contributed by atoms with Gasteiger partial charge in [-0.25, -0.2) is 4.79 Å². The summed E-state index contributed by atoms with van der Waals surface area (Å²) in [5, 5.41) is 7.37. The first-order chi connectivity index (χ1) is 11.6. The lowest BCUT2D eigenvalue weighted by molar-refractivity contribution is -0.121. The predicted octanol–water partition coefficient (Wildman–Crippen LogP) is 2.22. The van der Waals surface area contributed by atoms with Crippen LogP contribution in [0.25, 0.3) is 0 Å². The van der Waals surface area contributed by atoms with Crippen LogP contribution >= 0.6 is 11.3 Å². The van der Waals surface area contributed by atoms with Crippen molar-refractivity contribution in [2.75, 3.05) is 13.7 Å². The van der Waals surface area contributed by atoms with Crippen LogP contribution < -0.4 is 21.1 Å². The van der Waals surface area contributed by atoms with E-state index in [2.05, 4.69) is 10.6 Å². The van der Waals surface area contributed by atoms with Gasteiger partial charge < -0.3 is 21.1 Å². The average molecular weight is 347 g/mol. The van der Waals surface area contributed by atoms with Crippen molar-refractivity contribution in [2.24, 2.45) is 5.73 Å². The van der Waals surface area contributed by atoms with E-state index in [1.165, 1.54) is 11.3 Å². The predicted molar refractivity (Wildman–Crippen MR) is 94.1 cm³/mol. The number of methoxy groups -OCH3 is 1. The fourth-order valence-corrected chi connectivity index (χ4v) is 3.06. The van der Waals surface area contributed by atoms with Gasteiger partial charge in [-0.2, -0.15) is 0 Å². The summed E-state index contributed by atoms with van der Waals surface area (Å²) in [6.45, 7) is 0.527. The summed E-state index contributed by atoms with van der Waals surface area (Å²) < 4.78 is 5.11. The van der Waals surface area contributed by atoms with Gasteiger partial charge in [0.1, 0.15) is 5.75 Å². The number of benzene rings is 1. The van der Waals surface area contributed by atoms with Gasteiger partial charge >= 0.3 is 6.03 Å². The first kappa shape index (κ1) is 17.8. The number of primary amides is 1. The lowest BCUT2D eigenvalue weighted by atomic mass is 10.1. The van der Waals surface area contributed by atoms with Crippen molar-refractivity contribution < 1.29 is 14.3 Å². The number of nitrogens with one attached hydrogen (secondary N) is 2. The standard InChI is InChI=1S/C17H21N3O3S/c1-23-13-6-4-12(5-7-13)8-9-19-16(21)11-14(20-17(18)22)15-3-2-10-24-15/h2-7,10,14H,8-9,11H2,1H3,(H,19,21)(H3,18,20,22). The molecule has 1 heterocycles. The molecule has 0 spiro atoms. The summed E-state index contributed by atoms with van der Waals surface area (Å²) in [7, 11) is 1.62. The van der Waals surface area contributed by atoms with E-state index in [0.29, 0.717) is 6.54 Å². The van der Waals surface area contributed by atoms with Crippen molar-refractivity contribution in [3.8, 4) is 5.75 Å². The molecule has 2 rings (SSSR count). The Labute approximate surface area is 145 Å². The number of thiophene rings is 1. The Morgan fingerprint density at radius 2 is 2.00 bits per heavy atom. The molecule has 0 aliphatic carbocycles. The third kappa shape index (κ3) is 5.58. The maximum Gasteiger partial charge on any atom is 0.312 e. The minimum absolute atomic E-state index is 0.129. The summed E-state index contributed by atoms with van der Waals surface area (Å²) in [4.78, 5) is 24.1. The quantitative estimate of drug-likeness (QED) is 0.683. The molecule has 24 heavy (non-hydrogen) atoms. The van der Waals surface area contributed by atoms with Crippen LogP contribution in [0.3, 0.4) is 0 Å². The molecular formula is C17H21N3O3S. The molecule has 7 heteroatoms. The molecule has 1 aromatic carbocycles. The SMILES string of the molecule is COc1ccc(CCNC(=O)CC(NC(N)=O)c2cccs2)cc1. The van der Waals surface area contributed by atoms with E-state index in [4.69, 9.17) is 10.5 Å². The third-order valence-corrected chi connectivity index (χ3v) is 4.47. The van der Waals surface area contributed by atoms with Crippen molar-refractivity contribution in [3.63, 3.8) is 0 Å². The lowest BCUT2D eigenvalue weighted by Gasteiger charge is -2.16. The highest BCUT2D eigenvalue weighted by Gasteiger charge is 2.18. The molecule has 0 bridgehead atoms. The molecule has 0 saturated heterocycles. The van der Waals surface area contributed by atoms with Gasteiger partial charge in [-0.05, 0) is 35.6 Å². The Morgan fingerprint density at radius 1 is 1.25 bits per heavy atom. The van der Waals surface area contributed by atoms with Gasteiger partial charge in [-0.1, -0.05) is 18.2 Å². The zero-order valence-electron chi connectivity index (χ0n) is 13.5. The van der Waals surface area contributed by atoms with Crippen LogP contribution in [0.4, 0.5) is 4.79 Å². The van der Waals surface area contributed by atoms with Crippen LogP contribution in [0.5, 0.6) is 5.75 Å². The fraction of sp³-hybridized carbons (Fsp3) is 0.294. The monoisotopic (exact) mass is 347 g/mol. The van der Waals surface area contributed by atoms with Gasteiger partial charge in [0, 0.05) is 11.4 Å². The van der Waals surface area contributed by atoms with Crippen molar-refractivity contribution in [2.45, 2.75) is 18.9 Å². The number of amides is 3. The summed E-state index contributed by atoms with van der Waals surface area (Å²) in [5.41, 5.74) is 6.30. The molecule has 0 radical (unpaired) electrons. The van der Waals surface area contributed by atoms with Crippen LogP contribution in [0, 0.1) is 0 Å². The van der Waals surface area contributed by atoms with Crippen LogP contribution in [0.15, 0.2) is 41.8 Å². The number of hydrogen-bond acceptors (Lipinski definition) is 4. The van der Waals surface area contributed by atoms with Crippen molar-refractivity contribution in [1.29, 1.82) is 0 Å². The van der Waals surface area contributed by atoms with Gasteiger partial charge in [0.05, 0.1) is 19.6 Å². The minimum atomic E-state index is -0.639. The maximum absolute atomic E-state index is 12.1. The van der Waals surface area contributed by atoms with Crippen molar-refractivity contribution in [1.82, 2.24) is 10.6 Å². The number of hydrogen-bond donors (Lipinski definition) is 3. The zero-order chi connectivity index (χ0) is 17.4. The van der Waals surface area contributed by atoms with E-state index in [1.807, 2.05) is 41.8 Å². The topological polar surface area (TPSA) is 93.4 Å². The molecule has 0 saturated carbocycles.